The number of Topliss-reactive ketones (excluding diaryl/α,β-unsaturated/α-hetero) is 6. The van der Waals surface area contributed by atoms with Gasteiger partial charge in [0.05, 0.1) is 9.79 Å². The van der Waals surface area contributed by atoms with E-state index in [2.05, 4.69) is 0 Å². The normalized spacial score (nSPS) is 20.5. The number of hydrogen-bond donors (Lipinski definition) is 0. The van der Waals surface area contributed by atoms with Crippen LogP contribution >= 0.6 is 0 Å². The summed E-state index contributed by atoms with van der Waals surface area (Å²) in [5, 5.41) is 0. The molecule has 4 atom stereocenters. The van der Waals surface area contributed by atoms with Crippen molar-refractivity contribution in [3.63, 3.8) is 0 Å². The average molecular weight is 527 g/mol. The van der Waals surface area contributed by atoms with Crippen molar-refractivity contribution in [1.82, 2.24) is 0 Å². The van der Waals surface area contributed by atoms with E-state index >= 15 is 0 Å². The predicted molar refractivity (Wildman–Crippen MR) is 126 cm³/mol. The number of sulfone groups is 1. The molecule has 10 nitrogen and oxygen atoms in total. The summed E-state index contributed by atoms with van der Waals surface area (Å²) >= 11 is 0. The molecule has 0 fully saturated rings. The first-order chi connectivity index (χ1) is 17.4. The molecule has 0 spiro atoms. The molecule has 2 aromatic rings. The summed E-state index contributed by atoms with van der Waals surface area (Å²) in [5.41, 5.74) is -0.568. The molecule has 0 heterocycles. The maximum absolute atomic E-state index is 13.4. The number of hydrogen-bond acceptors (Lipinski definition) is 10. The lowest BCUT2D eigenvalue weighted by atomic mass is 9.95. The highest BCUT2D eigenvalue weighted by molar-refractivity contribution is 7.91. The van der Waals surface area contributed by atoms with E-state index in [4.69, 9.17) is 9.47 Å². The summed E-state index contributed by atoms with van der Waals surface area (Å²) in [5.74, 6) is -7.81. The van der Waals surface area contributed by atoms with E-state index in [9.17, 15) is 37.2 Å². The minimum atomic E-state index is -4.33. The molecule has 0 amide bonds. The first-order valence-corrected chi connectivity index (χ1v) is 12.7. The number of rotatable bonds is 8. The number of benzene rings is 2. The van der Waals surface area contributed by atoms with Gasteiger partial charge in [-0.1, -0.05) is 0 Å². The number of carbonyl (C=O) groups excluding carboxylic acids is 6. The zero-order valence-electron chi connectivity index (χ0n) is 20.3. The van der Waals surface area contributed by atoms with E-state index in [0.29, 0.717) is 0 Å². The maximum Gasteiger partial charge on any atom is 0.206 e. The monoisotopic (exact) mass is 526 g/mol. The van der Waals surface area contributed by atoms with Gasteiger partial charge < -0.3 is 9.47 Å². The minimum absolute atomic E-state index is 0.0750. The Morgan fingerprint density at radius 3 is 1.30 bits per heavy atom. The Balaban J connectivity index is 1.71. The first-order valence-electron chi connectivity index (χ1n) is 11.2. The summed E-state index contributed by atoms with van der Waals surface area (Å²) in [6.07, 6.45) is -2.02. The van der Waals surface area contributed by atoms with Crippen LogP contribution in [0.25, 0.3) is 0 Å². The fourth-order valence-corrected chi connectivity index (χ4v) is 5.75. The van der Waals surface area contributed by atoms with Crippen LogP contribution in [-0.2, 0) is 28.9 Å². The smallest absolute Gasteiger partial charge is 0.206 e. The standard InChI is InChI=1S/C26H22O10S/c1-11(35-3)21(27)19-23(29)15-7-5-13(9-17(15)25(19)31)37(33,34)14-6-8-16-18(10-14)26(32)20(24(16)30)22(28)12(2)36-4/h5-12,19-20H,1-4H3/t11-,12+,19?,20?. The van der Waals surface area contributed by atoms with Crippen molar-refractivity contribution in [2.24, 2.45) is 11.8 Å². The summed E-state index contributed by atoms with van der Waals surface area (Å²) in [7, 11) is -1.81. The number of ketones is 6. The van der Waals surface area contributed by atoms with E-state index < -0.39 is 68.6 Å². The fourth-order valence-electron chi connectivity index (χ4n) is 4.43. The third-order valence-corrected chi connectivity index (χ3v) is 8.54. The lowest BCUT2D eigenvalue weighted by Crippen LogP contribution is -2.34. The Hall–Kier alpha value is -3.67. The molecular formula is C26H22O10S. The van der Waals surface area contributed by atoms with Gasteiger partial charge in [0, 0.05) is 36.5 Å². The summed E-state index contributed by atoms with van der Waals surface area (Å²) < 4.78 is 36.6. The van der Waals surface area contributed by atoms with E-state index in [0.717, 1.165) is 36.4 Å². The number of ether oxygens (including phenoxy) is 2. The van der Waals surface area contributed by atoms with Crippen molar-refractivity contribution in [3.05, 3.63) is 58.7 Å². The van der Waals surface area contributed by atoms with E-state index in [1.54, 1.807) is 0 Å². The van der Waals surface area contributed by atoms with Gasteiger partial charge in [-0.15, -0.1) is 0 Å². The van der Waals surface area contributed by atoms with Crippen LogP contribution in [0.2, 0.25) is 0 Å². The van der Waals surface area contributed by atoms with Gasteiger partial charge in [0.15, 0.2) is 34.7 Å². The number of methoxy groups -OCH3 is 2. The van der Waals surface area contributed by atoms with Crippen LogP contribution in [0.5, 0.6) is 0 Å². The Labute approximate surface area is 211 Å². The highest BCUT2D eigenvalue weighted by Gasteiger charge is 2.47. The second-order valence-corrected chi connectivity index (χ2v) is 10.8. The van der Waals surface area contributed by atoms with Crippen LogP contribution in [0.1, 0.15) is 55.3 Å². The number of fused-ring (bicyclic) bond motifs is 2. The van der Waals surface area contributed by atoms with Gasteiger partial charge in [0.1, 0.15) is 24.0 Å². The topological polar surface area (TPSA) is 155 Å². The Morgan fingerprint density at radius 1 is 0.649 bits per heavy atom. The Morgan fingerprint density at radius 2 is 0.973 bits per heavy atom. The van der Waals surface area contributed by atoms with E-state index in [1.807, 2.05) is 0 Å². The van der Waals surface area contributed by atoms with E-state index in [-0.39, 0.29) is 32.0 Å². The van der Waals surface area contributed by atoms with Crippen LogP contribution in [0.4, 0.5) is 0 Å². The highest BCUT2D eigenvalue weighted by atomic mass is 32.2. The van der Waals surface area contributed by atoms with Crippen molar-refractivity contribution in [3.8, 4) is 0 Å². The second-order valence-electron chi connectivity index (χ2n) is 8.80. The van der Waals surface area contributed by atoms with Crippen LogP contribution in [0.15, 0.2) is 46.2 Å². The van der Waals surface area contributed by atoms with Gasteiger partial charge >= 0.3 is 0 Å². The molecule has 0 aromatic heterocycles. The lowest BCUT2D eigenvalue weighted by molar-refractivity contribution is -0.129. The molecule has 2 aromatic carbocycles. The third-order valence-electron chi connectivity index (χ3n) is 6.79. The molecule has 0 bridgehead atoms. The van der Waals surface area contributed by atoms with Crippen molar-refractivity contribution < 1.29 is 46.7 Å². The average Bonchev–Trinajstić information content (AvgIpc) is 3.30. The van der Waals surface area contributed by atoms with Crippen molar-refractivity contribution in [2.75, 3.05) is 14.2 Å². The molecule has 4 rings (SSSR count). The lowest BCUT2D eigenvalue weighted by Gasteiger charge is -2.11. The Bertz CT molecular complexity index is 1410. The van der Waals surface area contributed by atoms with Crippen molar-refractivity contribution in [2.45, 2.75) is 35.8 Å². The molecule has 37 heavy (non-hydrogen) atoms. The summed E-state index contributed by atoms with van der Waals surface area (Å²) in [6, 6.07) is 6.61. The zero-order chi connectivity index (χ0) is 27.4. The zero-order valence-corrected chi connectivity index (χ0v) is 21.1. The molecule has 2 aliphatic carbocycles. The van der Waals surface area contributed by atoms with Gasteiger partial charge in [-0.25, -0.2) is 8.42 Å². The molecule has 0 saturated carbocycles. The van der Waals surface area contributed by atoms with Crippen LogP contribution in [-0.4, -0.2) is 69.5 Å². The molecule has 192 valence electrons. The van der Waals surface area contributed by atoms with Gasteiger partial charge in [-0.05, 0) is 50.2 Å². The van der Waals surface area contributed by atoms with Crippen LogP contribution < -0.4 is 0 Å². The molecule has 0 radical (unpaired) electrons. The minimum Gasteiger partial charge on any atom is -0.374 e. The predicted octanol–water partition coefficient (Wildman–Crippen LogP) is 1.72. The molecular weight excluding hydrogens is 504 g/mol. The van der Waals surface area contributed by atoms with Crippen LogP contribution in [0, 0.1) is 11.8 Å². The number of carbonyl (C=O) groups is 6. The first kappa shape index (κ1) is 26.4. The van der Waals surface area contributed by atoms with Gasteiger partial charge in [-0.2, -0.15) is 0 Å². The van der Waals surface area contributed by atoms with Crippen molar-refractivity contribution >= 4 is 44.5 Å². The SMILES string of the molecule is CO[C@@H](C)C(=O)C1C(=O)c2ccc(S(=O)(=O)c3ccc4c(c3)C(=O)C(C(=O)[C@@H](C)OC)C4=O)cc2C1=O. The van der Waals surface area contributed by atoms with Crippen LogP contribution in [0.3, 0.4) is 0 Å². The molecule has 2 unspecified atom stereocenters. The Kier molecular flexibility index (Phi) is 6.65. The maximum atomic E-state index is 13.4. The van der Waals surface area contributed by atoms with E-state index in [1.165, 1.54) is 28.1 Å². The van der Waals surface area contributed by atoms with Gasteiger partial charge in [-0.3, -0.25) is 28.8 Å². The largest absolute Gasteiger partial charge is 0.374 e. The molecule has 2 aliphatic rings. The fraction of sp³-hybridized carbons (Fsp3) is 0.308. The highest BCUT2D eigenvalue weighted by Crippen LogP contribution is 2.35. The molecule has 11 heteroatoms. The third kappa shape index (κ3) is 3.99. The van der Waals surface area contributed by atoms with Crippen molar-refractivity contribution in [1.29, 1.82) is 0 Å². The molecule has 0 aliphatic heterocycles. The van der Waals surface area contributed by atoms with Gasteiger partial charge in [0.25, 0.3) is 0 Å². The molecule has 0 saturated heterocycles. The summed E-state index contributed by atoms with van der Waals surface area (Å²) in [6.45, 7) is 2.80. The molecule has 0 N–H and O–H groups in total. The summed E-state index contributed by atoms with van der Waals surface area (Å²) in [4.78, 5) is 75.4. The quantitative estimate of drug-likeness (QED) is 0.464. The second kappa shape index (κ2) is 9.33. The van der Waals surface area contributed by atoms with Gasteiger partial charge in [0.2, 0.25) is 9.84 Å².